The van der Waals surface area contributed by atoms with Gasteiger partial charge in [0.2, 0.25) is 5.79 Å². The van der Waals surface area contributed by atoms with Crippen LogP contribution in [0.1, 0.15) is 23.6 Å². The molecule has 2 aromatic heterocycles. The highest BCUT2D eigenvalue weighted by molar-refractivity contribution is 5.84. The van der Waals surface area contributed by atoms with E-state index in [0.29, 0.717) is 42.6 Å². The molecule has 3 heterocycles. The van der Waals surface area contributed by atoms with Gasteiger partial charge in [-0.05, 0) is 37.1 Å². The molecule has 1 N–H and O–H groups in total. The molecule has 3 aromatic rings. The van der Waals surface area contributed by atoms with Gasteiger partial charge in [0, 0.05) is 5.39 Å². The Morgan fingerprint density at radius 3 is 2.79 bits per heavy atom. The molecule has 126 valence electrons. The summed E-state index contributed by atoms with van der Waals surface area (Å²) in [7, 11) is 1.63. The topological polar surface area (TPSA) is 82.4 Å². The van der Waals surface area contributed by atoms with Gasteiger partial charge in [-0.2, -0.15) is 5.10 Å². The third kappa shape index (κ3) is 2.55. The highest BCUT2D eigenvalue weighted by Gasteiger charge is 2.41. The third-order valence-electron chi connectivity index (χ3n) is 4.15. The smallest absolute Gasteiger partial charge is 0.235 e. The Morgan fingerprint density at radius 1 is 1.25 bits per heavy atom. The molecule has 7 heteroatoms. The first-order valence-electron chi connectivity index (χ1n) is 7.91. The molecule has 1 saturated heterocycles. The fourth-order valence-electron chi connectivity index (χ4n) is 3.05. The van der Waals surface area contributed by atoms with Crippen molar-refractivity contribution in [1.82, 2.24) is 15.2 Å². The molecule has 0 spiro atoms. The van der Waals surface area contributed by atoms with Crippen LogP contribution in [0.25, 0.3) is 11.0 Å². The summed E-state index contributed by atoms with van der Waals surface area (Å²) < 4.78 is 23.6. The molecule has 0 saturated carbocycles. The number of ether oxygens (including phenoxy) is 3. The molecule has 1 aliphatic heterocycles. The van der Waals surface area contributed by atoms with Gasteiger partial charge in [0.1, 0.15) is 12.2 Å². The minimum atomic E-state index is -1.00. The molecule has 1 fully saturated rings. The summed E-state index contributed by atoms with van der Waals surface area (Å²) in [4.78, 5) is 4.19. The summed E-state index contributed by atoms with van der Waals surface area (Å²) in [5, 5.41) is 7.71. The Morgan fingerprint density at radius 2 is 2.08 bits per heavy atom. The van der Waals surface area contributed by atoms with Crippen LogP contribution < -0.4 is 4.74 Å². The van der Waals surface area contributed by atoms with Gasteiger partial charge in [0.15, 0.2) is 17.1 Å². The van der Waals surface area contributed by atoms with Crippen molar-refractivity contribution in [3.63, 3.8) is 0 Å². The maximum absolute atomic E-state index is 6.10. The normalized spacial score (nSPS) is 17.2. The Bertz CT molecular complexity index is 835. The summed E-state index contributed by atoms with van der Waals surface area (Å²) in [5.74, 6) is 0.982. The first kappa shape index (κ1) is 15.2. The van der Waals surface area contributed by atoms with Crippen LogP contribution in [0.3, 0.4) is 0 Å². The second kappa shape index (κ2) is 5.92. The van der Waals surface area contributed by atoms with Crippen LogP contribution in [-0.2, 0) is 21.7 Å². The average molecular weight is 329 g/mol. The van der Waals surface area contributed by atoms with Crippen LogP contribution in [0.5, 0.6) is 5.75 Å². The summed E-state index contributed by atoms with van der Waals surface area (Å²) in [5.41, 5.74) is 1.79. The Kier molecular flexibility index (Phi) is 3.74. The van der Waals surface area contributed by atoms with Crippen molar-refractivity contribution in [1.29, 1.82) is 0 Å². The van der Waals surface area contributed by atoms with Crippen molar-refractivity contribution in [3.05, 3.63) is 41.7 Å². The maximum Gasteiger partial charge on any atom is 0.235 e. The highest BCUT2D eigenvalue weighted by atomic mass is 16.7. The minimum Gasteiger partial charge on any atom is -0.493 e. The second-order valence-electron chi connectivity index (χ2n) is 5.91. The molecule has 4 rings (SSSR count). The van der Waals surface area contributed by atoms with Crippen molar-refractivity contribution in [2.45, 2.75) is 25.6 Å². The van der Waals surface area contributed by atoms with Crippen molar-refractivity contribution in [2.75, 3.05) is 20.3 Å². The SMILES string of the molecule is COc1cc(C)cc2cc(C3(Cc4ncn[nH]4)OCCCO3)oc12. The molecule has 0 aliphatic carbocycles. The summed E-state index contributed by atoms with van der Waals surface area (Å²) in [6.07, 6.45) is 2.71. The van der Waals surface area contributed by atoms with Gasteiger partial charge in [-0.15, -0.1) is 0 Å². The number of aromatic amines is 1. The van der Waals surface area contributed by atoms with Crippen LogP contribution in [0.4, 0.5) is 0 Å². The van der Waals surface area contributed by atoms with Crippen LogP contribution >= 0.6 is 0 Å². The molecule has 7 nitrogen and oxygen atoms in total. The number of hydrogen-bond acceptors (Lipinski definition) is 6. The zero-order valence-corrected chi connectivity index (χ0v) is 13.7. The molecule has 0 unspecified atom stereocenters. The lowest BCUT2D eigenvalue weighted by molar-refractivity contribution is -0.284. The van der Waals surface area contributed by atoms with Gasteiger partial charge >= 0.3 is 0 Å². The van der Waals surface area contributed by atoms with E-state index < -0.39 is 5.79 Å². The third-order valence-corrected chi connectivity index (χ3v) is 4.15. The lowest BCUT2D eigenvalue weighted by Crippen LogP contribution is -2.40. The maximum atomic E-state index is 6.10. The predicted octanol–water partition coefficient (Wildman–Crippen LogP) is 2.70. The number of fused-ring (bicyclic) bond motifs is 1. The van der Waals surface area contributed by atoms with E-state index in [9.17, 15) is 0 Å². The monoisotopic (exact) mass is 329 g/mol. The number of aromatic nitrogens is 3. The standard InChI is InChI=1S/C17H19N3O4/c1-11-6-12-8-14(24-16(12)13(7-11)21-2)17(22-4-3-5-23-17)9-15-18-10-19-20-15/h6-8,10H,3-5,9H2,1-2H3,(H,18,19,20). The zero-order valence-electron chi connectivity index (χ0n) is 13.7. The van der Waals surface area contributed by atoms with Gasteiger partial charge in [-0.25, -0.2) is 4.98 Å². The van der Waals surface area contributed by atoms with Crippen molar-refractivity contribution in [3.8, 4) is 5.75 Å². The number of rotatable bonds is 4. The minimum absolute atomic E-state index is 0.397. The first-order chi connectivity index (χ1) is 11.7. The van der Waals surface area contributed by atoms with Gasteiger partial charge in [-0.1, -0.05) is 0 Å². The number of methoxy groups -OCH3 is 1. The molecule has 0 radical (unpaired) electrons. The van der Waals surface area contributed by atoms with Crippen molar-refractivity contribution < 1.29 is 18.6 Å². The molecular weight excluding hydrogens is 310 g/mol. The molecular formula is C17H19N3O4. The number of aryl methyl sites for hydroxylation is 1. The summed E-state index contributed by atoms with van der Waals surface area (Å²) in [6, 6.07) is 5.95. The number of nitrogens with one attached hydrogen (secondary N) is 1. The number of furan rings is 1. The lowest BCUT2D eigenvalue weighted by atomic mass is 10.1. The van der Waals surface area contributed by atoms with Gasteiger partial charge < -0.3 is 18.6 Å². The Hall–Kier alpha value is -2.38. The quantitative estimate of drug-likeness (QED) is 0.792. The van der Waals surface area contributed by atoms with E-state index in [1.165, 1.54) is 6.33 Å². The average Bonchev–Trinajstić information content (AvgIpc) is 3.24. The fourth-order valence-corrected chi connectivity index (χ4v) is 3.05. The van der Waals surface area contributed by atoms with Gasteiger partial charge in [0.05, 0.1) is 26.7 Å². The molecule has 0 amide bonds. The van der Waals surface area contributed by atoms with Crippen molar-refractivity contribution >= 4 is 11.0 Å². The van der Waals surface area contributed by atoms with E-state index in [-0.39, 0.29) is 0 Å². The number of H-pyrrole nitrogens is 1. The number of benzene rings is 1. The number of nitrogens with zero attached hydrogens (tertiary/aromatic N) is 2. The molecule has 1 aromatic carbocycles. The molecule has 0 bridgehead atoms. The van der Waals surface area contributed by atoms with E-state index in [1.807, 2.05) is 19.1 Å². The Labute approximate surface area is 138 Å². The van der Waals surface area contributed by atoms with Crippen LogP contribution in [0, 0.1) is 6.92 Å². The molecule has 24 heavy (non-hydrogen) atoms. The zero-order chi connectivity index (χ0) is 16.6. The molecule has 1 aliphatic rings. The van der Waals surface area contributed by atoms with E-state index in [0.717, 1.165) is 17.4 Å². The van der Waals surface area contributed by atoms with Crippen LogP contribution in [0.15, 0.2) is 28.9 Å². The van der Waals surface area contributed by atoms with E-state index in [2.05, 4.69) is 21.2 Å². The van der Waals surface area contributed by atoms with Crippen molar-refractivity contribution in [2.24, 2.45) is 0 Å². The van der Waals surface area contributed by atoms with Gasteiger partial charge in [0.25, 0.3) is 0 Å². The first-order valence-corrected chi connectivity index (χ1v) is 7.91. The van der Waals surface area contributed by atoms with Gasteiger partial charge in [-0.3, -0.25) is 5.10 Å². The largest absolute Gasteiger partial charge is 0.493 e. The highest BCUT2D eigenvalue weighted by Crippen LogP contribution is 2.39. The van der Waals surface area contributed by atoms with E-state index in [4.69, 9.17) is 18.6 Å². The predicted molar refractivity (Wildman–Crippen MR) is 85.8 cm³/mol. The lowest BCUT2D eigenvalue weighted by Gasteiger charge is -2.34. The number of hydrogen-bond donors (Lipinski definition) is 1. The van der Waals surface area contributed by atoms with E-state index in [1.54, 1.807) is 7.11 Å². The fraction of sp³-hybridized carbons (Fsp3) is 0.412. The van der Waals surface area contributed by atoms with Crippen LogP contribution in [0.2, 0.25) is 0 Å². The van der Waals surface area contributed by atoms with Crippen LogP contribution in [-0.4, -0.2) is 35.5 Å². The summed E-state index contributed by atoms with van der Waals surface area (Å²) in [6.45, 7) is 3.22. The molecule has 0 atom stereocenters. The van der Waals surface area contributed by atoms with E-state index >= 15 is 0 Å². The Balaban J connectivity index is 1.81. The summed E-state index contributed by atoms with van der Waals surface area (Å²) >= 11 is 0. The second-order valence-corrected chi connectivity index (χ2v) is 5.91.